The molecule has 0 saturated carbocycles. The molecule has 0 unspecified atom stereocenters. The van der Waals surface area contributed by atoms with E-state index in [1.54, 1.807) is 43.4 Å². The number of benzene rings is 3. The molecule has 0 atom stereocenters. The standard InChI is InChI=1S/C25H23Cl2N3O6S/c1-3-4-9-35-23(31)15-30(37(33,34)22-13-19(26)12-20(27)14-22)21-8-7-16-10-18(6-5-17(16)11-21)24-28-36-25(32)29(24)2/h5-8,10-14H,3-4,9,15H2,1-2H3. The van der Waals surface area contributed by atoms with Gasteiger partial charge in [-0.15, -0.1) is 0 Å². The SMILES string of the molecule is CCCCOC(=O)CN(c1ccc2cc(-c3noc(=O)n3C)ccc2c1)S(=O)(=O)c1cc(Cl)cc(Cl)c1. The van der Waals surface area contributed by atoms with Gasteiger partial charge in [0.25, 0.3) is 10.0 Å². The van der Waals surface area contributed by atoms with Gasteiger partial charge in [0, 0.05) is 22.7 Å². The third-order valence-corrected chi connectivity index (χ3v) is 7.82. The Morgan fingerprint density at radius 3 is 2.38 bits per heavy atom. The second-order valence-electron chi connectivity index (χ2n) is 8.27. The Bertz CT molecular complexity index is 1610. The fourth-order valence-corrected chi connectivity index (χ4v) is 5.81. The van der Waals surface area contributed by atoms with E-state index in [9.17, 15) is 18.0 Å². The first kappa shape index (κ1) is 26.7. The topological polar surface area (TPSA) is 112 Å². The first-order valence-electron chi connectivity index (χ1n) is 11.3. The van der Waals surface area contributed by atoms with Crippen LogP contribution in [0.4, 0.5) is 5.69 Å². The lowest BCUT2D eigenvalue weighted by molar-refractivity contribution is -0.141. The molecule has 3 aromatic carbocycles. The molecule has 12 heteroatoms. The van der Waals surface area contributed by atoms with Gasteiger partial charge in [-0.3, -0.25) is 18.2 Å². The Morgan fingerprint density at radius 1 is 1.05 bits per heavy atom. The van der Waals surface area contributed by atoms with Crippen molar-refractivity contribution in [3.8, 4) is 11.4 Å². The van der Waals surface area contributed by atoms with Gasteiger partial charge >= 0.3 is 11.7 Å². The lowest BCUT2D eigenvalue weighted by Gasteiger charge is -2.24. The summed E-state index contributed by atoms with van der Waals surface area (Å²) in [6, 6.07) is 14.2. The monoisotopic (exact) mass is 563 g/mol. The van der Waals surface area contributed by atoms with Crippen LogP contribution >= 0.6 is 23.2 Å². The lowest BCUT2D eigenvalue weighted by atomic mass is 10.1. The number of anilines is 1. The van der Waals surface area contributed by atoms with Crippen molar-refractivity contribution >= 4 is 55.7 Å². The minimum Gasteiger partial charge on any atom is -0.464 e. The number of carbonyl (C=O) groups is 1. The van der Waals surface area contributed by atoms with Crippen molar-refractivity contribution in [3.05, 3.63) is 75.2 Å². The van der Waals surface area contributed by atoms with E-state index >= 15 is 0 Å². The molecule has 0 saturated heterocycles. The van der Waals surface area contributed by atoms with Crippen LogP contribution in [0.5, 0.6) is 0 Å². The third kappa shape index (κ3) is 5.82. The van der Waals surface area contributed by atoms with E-state index < -0.39 is 28.3 Å². The van der Waals surface area contributed by atoms with Crippen molar-refractivity contribution in [1.29, 1.82) is 0 Å². The molecule has 0 bridgehead atoms. The van der Waals surface area contributed by atoms with E-state index in [1.165, 1.54) is 22.8 Å². The summed E-state index contributed by atoms with van der Waals surface area (Å²) in [5.74, 6) is -0.918. The van der Waals surface area contributed by atoms with Crippen molar-refractivity contribution in [1.82, 2.24) is 9.72 Å². The van der Waals surface area contributed by atoms with Crippen LogP contribution in [0, 0.1) is 0 Å². The van der Waals surface area contributed by atoms with Crippen molar-refractivity contribution in [2.24, 2.45) is 7.05 Å². The quantitative estimate of drug-likeness (QED) is 0.207. The van der Waals surface area contributed by atoms with E-state index in [4.69, 9.17) is 32.5 Å². The summed E-state index contributed by atoms with van der Waals surface area (Å²) in [6.45, 7) is 1.61. The Labute approximate surface area is 223 Å². The van der Waals surface area contributed by atoms with Gasteiger partial charge < -0.3 is 4.74 Å². The molecule has 1 heterocycles. The number of carbonyl (C=O) groups excluding carboxylic acids is 1. The van der Waals surface area contributed by atoms with E-state index in [0.717, 1.165) is 16.1 Å². The van der Waals surface area contributed by atoms with E-state index in [0.29, 0.717) is 23.2 Å². The maximum Gasteiger partial charge on any atom is 0.441 e. The summed E-state index contributed by atoms with van der Waals surface area (Å²) in [7, 11) is -2.70. The normalized spacial score (nSPS) is 11.6. The fourth-order valence-electron chi connectivity index (χ4n) is 3.68. The molecule has 0 spiro atoms. The minimum atomic E-state index is -4.24. The number of aromatic nitrogens is 2. The van der Waals surface area contributed by atoms with Crippen LogP contribution < -0.4 is 10.1 Å². The summed E-state index contributed by atoms with van der Waals surface area (Å²) >= 11 is 12.1. The largest absolute Gasteiger partial charge is 0.464 e. The van der Waals surface area contributed by atoms with E-state index in [2.05, 4.69) is 5.16 Å². The molecule has 37 heavy (non-hydrogen) atoms. The molecule has 4 aromatic rings. The number of hydrogen-bond donors (Lipinski definition) is 0. The molecule has 0 aliphatic rings. The number of halogens is 2. The molecule has 0 aliphatic carbocycles. The van der Waals surface area contributed by atoms with Crippen LogP contribution in [0.25, 0.3) is 22.2 Å². The zero-order valence-corrected chi connectivity index (χ0v) is 22.3. The molecule has 0 amide bonds. The average Bonchev–Trinajstić information content (AvgIpc) is 3.19. The van der Waals surface area contributed by atoms with Gasteiger partial charge in [-0.1, -0.05) is 59.9 Å². The highest BCUT2D eigenvalue weighted by Gasteiger charge is 2.29. The lowest BCUT2D eigenvalue weighted by Crippen LogP contribution is -2.36. The fraction of sp³-hybridized carbons (Fsp3) is 0.240. The second-order valence-corrected chi connectivity index (χ2v) is 11.0. The van der Waals surface area contributed by atoms with Crippen LogP contribution in [-0.2, 0) is 26.6 Å². The van der Waals surface area contributed by atoms with Crippen molar-refractivity contribution in [2.75, 3.05) is 17.5 Å². The molecule has 0 radical (unpaired) electrons. The summed E-state index contributed by atoms with van der Waals surface area (Å²) < 4.78 is 39.5. The van der Waals surface area contributed by atoms with Crippen LogP contribution in [0.2, 0.25) is 10.0 Å². The smallest absolute Gasteiger partial charge is 0.441 e. The maximum absolute atomic E-state index is 13.7. The summed E-state index contributed by atoms with van der Waals surface area (Å²) in [6.07, 6.45) is 1.49. The van der Waals surface area contributed by atoms with Crippen LogP contribution in [0.1, 0.15) is 19.8 Å². The van der Waals surface area contributed by atoms with E-state index in [-0.39, 0.29) is 27.2 Å². The Hall–Kier alpha value is -3.34. The molecular weight excluding hydrogens is 541 g/mol. The number of hydrogen-bond acceptors (Lipinski definition) is 7. The molecule has 0 N–H and O–H groups in total. The molecule has 0 aliphatic heterocycles. The van der Waals surface area contributed by atoms with Crippen molar-refractivity contribution in [3.63, 3.8) is 0 Å². The van der Waals surface area contributed by atoms with Gasteiger partial charge in [0.05, 0.1) is 17.2 Å². The van der Waals surface area contributed by atoms with E-state index in [1.807, 2.05) is 6.92 Å². The molecule has 0 fully saturated rings. The number of ether oxygens (including phenoxy) is 1. The number of fused-ring (bicyclic) bond motifs is 1. The third-order valence-electron chi connectivity index (χ3n) is 5.63. The second kappa shape index (κ2) is 11.0. The van der Waals surface area contributed by atoms with Gasteiger partial charge in [-0.25, -0.2) is 13.2 Å². The van der Waals surface area contributed by atoms with Crippen molar-refractivity contribution < 1.29 is 22.5 Å². The van der Waals surface area contributed by atoms with Gasteiger partial charge in [0.15, 0.2) is 5.82 Å². The van der Waals surface area contributed by atoms with Gasteiger partial charge in [0.1, 0.15) is 6.54 Å². The van der Waals surface area contributed by atoms with Crippen LogP contribution in [0.3, 0.4) is 0 Å². The number of esters is 1. The summed E-state index contributed by atoms with van der Waals surface area (Å²) in [5, 5.41) is 5.53. The first-order chi connectivity index (χ1) is 17.6. The average molecular weight is 564 g/mol. The van der Waals surface area contributed by atoms with Crippen molar-refractivity contribution in [2.45, 2.75) is 24.7 Å². The number of sulfonamides is 1. The number of unbranched alkanes of at least 4 members (excludes halogenated alkanes) is 1. The zero-order chi connectivity index (χ0) is 26.7. The van der Waals surface area contributed by atoms with Crippen LogP contribution in [-0.4, -0.2) is 37.3 Å². The van der Waals surface area contributed by atoms with Crippen LogP contribution in [0.15, 0.2) is 68.8 Å². The highest BCUT2D eigenvalue weighted by atomic mass is 35.5. The highest BCUT2D eigenvalue weighted by Crippen LogP contribution is 2.31. The first-order valence-corrected chi connectivity index (χ1v) is 13.5. The Kier molecular flexibility index (Phi) is 7.91. The molecule has 4 rings (SSSR count). The summed E-state index contributed by atoms with van der Waals surface area (Å²) in [4.78, 5) is 24.1. The van der Waals surface area contributed by atoms with Gasteiger partial charge in [0.2, 0.25) is 0 Å². The summed E-state index contributed by atoms with van der Waals surface area (Å²) in [5.41, 5.74) is 0.892. The molecule has 9 nitrogen and oxygen atoms in total. The Balaban J connectivity index is 1.76. The minimum absolute atomic E-state index is 0.143. The number of rotatable bonds is 9. The molecular formula is C25H23Cl2N3O6S. The molecule has 1 aromatic heterocycles. The maximum atomic E-state index is 13.7. The molecule has 194 valence electrons. The van der Waals surface area contributed by atoms with Gasteiger partial charge in [-0.2, -0.15) is 0 Å². The Morgan fingerprint density at radius 2 is 1.73 bits per heavy atom. The highest BCUT2D eigenvalue weighted by molar-refractivity contribution is 7.92. The predicted octanol–water partition coefficient (Wildman–Crippen LogP) is 5.04. The predicted molar refractivity (Wildman–Crippen MR) is 142 cm³/mol. The number of nitrogens with zero attached hydrogens (tertiary/aromatic N) is 3. The van der Waals surface area contributed by atoms with Gasteiger partial charge in [-0.05, 0) is 53.6 Å². The zero-order valence-electron chi connectivity index (χ0n) is 20.0.